The number of benzene rings is 1. The summed E-state index contributed by atoms with van der Waals surface area (Å²) in [5.74, 6) is 0.371. The number of halogens is 1. The van der Waals surface area contributed by atoms with Gasteiger partial charge in [-0.2, -0.15) is 0 Å². The summed E-state index contributed by atoms with van der Waals surface area (Å²) < 4.78 is 0. The van der Waals surface area contributed by atoms with Crippen molar-refractivity contribution in [2.45, 2.75) is 37.6 Å². The average Bonchev–Trinajstić information content (AvgIpc) is 2.27. The van der Waals surface area contributed by atoms with Gasteiger partial charge in [-0.1, -0.05) is 18.5 Å². The predicted octanol–water partition coefficient (Wildman–Crippen LogP) is 3.32. The summed E-state index contributed by atoms with van der Waals surface area (Å²) in [4.78, 5) is 12.6. The van der Waals surface area contributed by atoms with Crippen molar-refractivity contribution in [1.29, 1.82) is 0 Å². The number of anilines is 1. The summed E-state index contributed by atoms with van der Waals surface area (Å²) in [6, 6.07) is 5.30. The smallest absolute Gasteiger partial charge is 0.230 e. The molecule has 0 fully saturated rings. The van der Waals surface area contributed by atoms with Crippen LogP contribution in [-0.4, -0.2) is 17.2 Å². The van der Waals surface area contributed by atoms with Crippen LogP contribution in [0.15, 0.2) is 23.1 Å². The molecule has 0 bridgehead atoms. The highest BCUT2D eigenvalue weighted by atomic mass is 35.5. The minimum atomic E-state index is -0.164. The molecule has 0 saturated heterocycles. The summed E-state index contributed by atoms with van der Waals surface area (Å²) in [5, 5.41) is 3.59. The normalized spacial score (nSPS) is 11.3. The molecule has 0 aliphatic carbocycles. The minimum absolute atomic E-state index is 0.0150. The van der Waals surface area contributed by atoms with Crippen LogP contribution in [-0.2, 0) is 4.79 Å². The molecule has 100 valence electrons. The number of hydrogen-bond acceptors (Lipinski definition) is 3. The second-order valence-corrected chi connectivity index (χ2v) is 6.21. The lowest BCUT2D eigenvalue weighted by molar-refractivity contribution is -0.120. The Balaban J connectivity index is 2.53. The van der Waals surface area contributed by atoms with Crippen molar-refractivity contribution in [3.8, 4) is 0 Å². The summed E-state index contributed by atoms with van der Waals surface area (Å²) in [6.07, 6.45) is 0.895. The van der Waals surface area contributed by atoms with Crippen LogP contribution in [0.25, 0.3) is 0 Å². The van der Waals surface area contributed by atoms with E-state index in [-0.39, 0.29) is 11.4 Å². The molecule has 18 heavy (non-hydrogen) atoms. The van der Waals surface area contributed by atoms with Gasteiger partial charge in [-0.15, -0.1) is 11.8 Å². The molecule has 0 heterocycles. The Hall–Kier alpha value is -0.870. The molecule has 0 aromatic heterocycles. The molecule has 1 aromatic carbocycles. The van der Waals surface area contributed by atoms with Gasteiger partial charge in [0, 0.05) is 21.1 Å². The van der Waals surface area contributed by atoms with Gasteiger partial charge in [0.25, 0.3) is 0 Å². The molecule has 3 N–H and O–H groups in total. The van der Waals surface area contributed by atoms with Crippen molar-refractivity contribution in [2.75, 3.05) is 11.5 Å². The van der Waals surface area contributed by atoms with Crippen LogP contribution in [0.1, 0.15) is 27.2 Å². The van der Waals surface area contributed by atoms with Gasteiger partial charge < -0.3 is 11.1 Å². The molecule has 5 heteroatoms. The Morgan fingerprint density at radius 1 is 1.50 bits per heavy atom. The van der Waals surface area contributed by atoms with Crippen molar-refractivity contribution >= 4 is 35.0 Å². The summed E-state index contributed by atoms with van der Waals surface area (Å²) >= 11 is 7.24. The van der Waals surface area contributed by atoms with E-state index in [1.54, 1.807) is 12.1 Å². The quantitative estimate of drug-likeness (QED) is 0.645. The molecule has 1 aromatic rings. The number of nitrogens with two attached hydrogens (primary N) is 1. The third-order valence-corrected chi connectivity index (χ3v) is 4.02. The second-order valence-electron chi connectivity index (χ2n) is 4.76. The van der Waals surface area contributed by atoms with E-state index in [1.165, 1.54) is 11.8 Å². The van der Waals surface area contributed by atoms with Gasteiger partial charge in [0.2, 0.25) is 5.91 Å². The molecular weight excluding hydrogens is 268 g/mol. The maximum atomic E-state index is 11.8. The standard InChI is InChI=1S/C13H19ClN2OS/c1-4-13(2,3)16-12(17)8-18-11-6-5-9(14)7-10(11)15/h5-7H,4,8,15H2,1-3H3,(H,16,17). The number of nitrogen functional groups attached to an aromatic ring is 1. The number of nitrogens with one attached hydrogen (secondary N) is 1. The Morgan fingerprint density at radius 2 is 2.17 bits per heavy atom. The van der Waals surface area contributed by atoms with E-state index < -0.39 is 0 Å². The number of rotatable bonds is 5. The highest BCUT2D eigenvalue weighted by Gasteiger charge is 2.17. The van der Waals surface area contributed by atoms with Gasteiger partial charge in [0.05, 0.1) is 5.75 Å². The maximum Gasteiger partial charge on any atom is 0.230 e. The van der Waals surface area contributed by atoms with Gasteiger partial charge in [0.15, 0.2) is 0 Å². The van der Waals surface area contributed by atoms with Gasteiger partial charge in [-0.25, -0.2) is 0 Å². The highest BCUT2D eigenvalue weighted by Crippen LogP contribution is 2.27. The second kappa shape index (κ2) is 6.34. The number of carbonyl (C=O) groups excluding carboxylic acids is 1. The van der Waals surface area contributed by atoms with Crippen LogP contribution in [0.4, 0.5) is 5.69 Å². The van der Waals surface area contributed by atoms with Crippen LogP contribution < -0.4 is 11.1 Å². The first kappa shape index (κ1) is 15.2. The fraction of sp³-hybridized carbons (Fsp3) is 0.462. The van der Waals surface area contributed by atoms with Crippen molar-refractivity contribution in [2.24, 2.45) is 0 Å². The molecule has 0 saturated carbocycles. The lowest BCUT2D eigenvalue weighted by Crippen LogP contribution is -2.43. The van der Waals surface area contributed by atoms with E-state index in [4.69, 9.17) is 17.3 Å². The largest absolute Gasteiger partial charge is 0.398 e. The van der Waals surface area contributed by atoms with E-state index in [9.17, 15) is 4.79 Å². The van der Waals surface area contributed by atoms with Crippen LogP contribution in [0.3, 0.4) is 0 Å². The molecule has 0 unspecified atom stereocenters. The monoisotopic (exact) mass is 286 g/mol. The number of amides is 1. The SMILES string of the molecule is CCC(C)(C)NC(=O)CSc1ccc(Cl)cc1N. The van der Waals surface area contributed by atoms with Crippen molar-refractivity contribution in [3.63, 3.8) is 0 Å². The fourth-order valence-corrected chi connectivity index (χ4v) is 2.23. The van der Waals surface area contributed by atoms with Crippen molar-refractivity contribution < 1.29 is 4.79 Å². The first-order valence-corrected chi connectivity index (χ1v) is 7.19. The van der Waals surface area contributed by atoms with Crippen LogP contribution in [0.2, 0.25) is 5.02 Å². The van der Waals surface area contributed by atoms with Crippen LogP contribution in [0.5, 0.6) is 0 Å². The molecule has 0 radical (unpaired) electrons. The molecular formula is C13H19ClN2OS. The number of hydrogen-bond donors (Lipinski definition) is 2. The summed E-state index contributed by atoms with van der Waals surface area (Å²) in [7, 11) is 0. The van der Waals surface area contributed by atoms with Gasteiger partial charge in [-0.05, 0) is 38.5 Å². The highest BCUT2D eigenvalue weighted by molar-refractivity contribution is 8.00. The van der Waals surface area contributed by atoms with Gasteiger partial charge in [-0.3, -0.25) is 4.79 Å². The number of thioether (sulfide) groups is 1. The van der Waals surface area contributed by atoms with E-state index in [2.05, 4.69) is 5.32 Å². The molecule has 3 nitrogen and oxygen atoms in total. The van der Waals surface area contributed by atoms with Crippen LogP contribution in [0, 0.1) is 0 Å². The van der Waals surface area contributed by atoms with E-state index in [1.807, 2.05) is 26.8 Å². The zero-order chi connectivity index (χ0) is 13.8. The predicted molar refractivity (Wildman–Crippen MR) is 79.1 cm³/mol. The third-order valence-electron chi connectivity index (χ3n) is 2.69. The molecule has 0 aliphatic rings. The first-order chi connectivity index (χ1) is 8.34. The molecule has 0 spiro atoms. The Bertz CT molecular complexity index is 435. The average molecular weight is 287 g/mol. The molecule has 0 aliphatic heterocycles. The Kier molecular flexibility index (Phi) is 5.35. The Morgan fingerprint density at radius 3 is 2.72 bits per heavy atom. The van der Waals surface area contributed by atoms with E-state index in [0.29, 0.717) is 16.5 Å². The lowest BCUT2D eigenvalue weighted by atomic mass is 10.0. The molecule has 0 atom stereocenters. The minimum Gasteiger partial charge on any atom is -0.398 e. The first-order valence-electron chi connectivity index (χ1n) is 5.83. The van der Waals surface area contributed by atoms with Crippen LogP contribution >= 0.6 is 23.4 Å². The third kappa shape index (κ3) is 4.78. The number of carbonyl (C=O) groups is 1. The maximum absolute atomic E-state index is 11.8. The molecule has 1 amide bonds. The zero-order valence-electron chi connectivity index (χ0n) is 10.9. The molecule has 1 rings (SSSR count). The van der Waals surface area contributed by atoms with E-state index in [0.717, 1.165) is 11.3 Å². The summed E-state index contributed by atoms with van der Waals surface area (Å²) in [6.45, 7) is 6.06. The zero-order valence-corrected chi connectivity index (χ0v) is 12.5. The van der Waals surface area contributed by atoms with Gasteiger partial charge in [0.1, 0.15) is 0 Å². The topological polar surface area (TPSA) is 55.1 Å². The van der Waals surface area contributed by atoms with Crippen molar-refractivity contribution in [1.82, 2.24) is 5.32 Å². The fourth-order valence-electron chi connectivity index (χ4n) is 1.30. The summed E-state index contributed by atoms with van der Waals surface area (Å²) in [5.41, 5.74) is 6.27. The van der Waals surface area contributed by atoms with Crippen molar-refractivity contribution in [3.05, 3.63) is 23.2 Å². The van der Waals surface area contributed by atoms with E-state index >= 15 is 0 Å². The lowest BCUT2D eigenvalue weighted by Gasteiger charge is -2.24. The Labute approximate surface area is 117 Å². The van der Waals surface area contributed by atoms with Gasteiger partial charge >= 0.3 is 0 Å².